The van der Waals surface area contributed by atoms with Gasteiger partial charge in [-0.15, -0.1) is 10.1 Å². The molecule has 2 aliphatic carbocycles. The molecule has 294 valence electrons. The van der Waals surface area contributed by atoms with Crippen LogP contribution in [0.1, 0.15) is 183 Å². The third-order valence-electron chi connectivity index (χ3n) is 12.3. The lowest BCUT2D eigenvalue weighted by atomic mass is 9.70. The van der Waals surface area contributed by atoms with Crippen LogP contribution in [0.2, 0.25) is 0 Å². The van der Waals surface area contributed by atoms with Gasteiger partial charge in [-0.05, 0) is 139 Å². The van der Waals surface area contributed by atoms with E-state index in [4.69, 9.17) is 9.68 Å². The molecule has 0 aromatic heterocycles. The zero-order valence-electron chi connectivity index (χ0n) is 37.1. The number of hydroxylamine groups is 4. The van der Waals surface area contributed by atoms with Crippen molar-refractivity contribution >= 4 is 11.9 Å². The molecule has 6 nitrogen and oxygen atoms in total. The van der Waals surface area contributed by atoms with Gasteiger partial charge in [0.2, 0.25) is 0 Å². The minimum atomic E-state index is -0.461. The third-order valence-corrected chi connectivity index (χ3v) is 12.3. The molecule has 0 bridgehead atoms. The Morgan fingerprint density at radius 1 is 0.577 bits per heavy atom. The van der Waals surface area contributed by atoms with E-state index in [1.165, 1.54) is 5.57 Å². The first-order valence-corrected chi connectivity index (χ1v) is 20.1. The van der Waals surface area contributed by atoms with E-state index in [9.17, 15) is 0 Å². The molecule has 0 saturated carbocycles. The zero-order chi connectivity index (χ0) is 40.0. The van der Waals surface area contributed by atoms with Crippen molar-refractivity contribution in [3.8, 4) is 0 Å². The maximum absolute atomic E-state index is 15.3. The highest BCUT2D eigenvalue weighted by atomic mass is 16.7. The Hall–Kier alpha value is -2.18. The summed E-state index contributed by atoms with van der Waals surface area (Å²) in [5.74, 6) is -1.09. The van der Waals surface area contributed by atoms with Crippen molar-refractivity contribution in [3.05, 3.63) is 45.1 Å². The van der Waals surface area contributed by atoms with Crippen LogP contribution in [0, 0.1) is 27.6 Å². The molecular weight excluding hydrogens is 645 g/mol. The topological polar surface area (TPSA) is 59.1 Å². The van der Waals surface area contributed by atoms with Crippen molar-refractivity contribution in [1.82, 2.24) is 10.1 Å². The molecule has 1 unspecified atom stereocenters. The van der Waals surface area contributed by atoms with Gasteiger partial charge in [-0.2, -0.15) is 0 Å². The van der Waals surface area contributed by atoms with Crippen LogP contribution in [0.4, 0.5) is 0 Å². The van der Waals surface area contributed by atoms with E-state index in [0.717, 1.165) is 60.8 Å². The van der Waals surface area contributed by atoms with Crippen LogP contribution < -0.4 is 0 Å². The number of rotatable bonds is 5. The SMILES string of the molecule is CC(C)(C)C1=CC(C(C)(C)C)=C(C(=O)ON2C(C)(C)CCCC2(C)C)C1C1=C(C(C)(C)C)CC(C(C)(C)C)=C1C(=O)ON1C(C)(C)CCCC1(C)C. The normalized spacial score (nSPS) is 25.8. The molecule has 2 fully saturated rings. The maximum atomic E-state index is 15.3. The molecule has 6 heteroatoms. The Bertz CT molecular complexity index is 1550. The van der Waals surface area contributed by atoms with E-state index in [2.05, 4.69) is 145 Å². The van der Waals surface area contributed by atoms with Crippen molar-refractivity contribution in [2.45, 2.75) is 206 Å². The monoisotopic (exact) mass is 721 g/mol. The number of hydrogen-bond donors (Lipinski definition) is 0. The van der Waals surface area contributed by atoms with Crippen molar-refractivity contribution in [2.75, 3.05) is 0 Å². The fourth-order valence-corrected chi connectivity index (χ4v) is 9.67. The first-order chi connectivity index (χ1) is 23.1. The summed E-state index contributed by atoms with van der Waals surface area (Å²) in [5.41, 5.74) is 4.11. The van der Waals surface area contributed by atoms with Crippen LogP contribution >= 0.6 is 0 Å². The van der Waals surface area contributed by atoms with Crippen LogP contribution in [0.3, 0.4) is 0 Å². The Morgan fingerprint density at radius 3 is 1.31 bits per heavy atom. The molecule has 4 rings (SSSR count). The summed E-state index contributed by atoms with van der Waals surface area (Å²) in [6.45, 7) is 44.0. The molecule has 4 aliphatic rings. The van der Waals surface area contributed by atoms with Gasteiger partial charge < -0.3 is 9.68 Å². The van der Waals surface area contributed by atoms with Gasteiger partial charge >= 0.3 is 11.9 Å². The van der Waals surface area contributed by atoms with Gasteiger partial charge in [0.05, 0.1) is 33.3 Å². The molecule has 0 radical (unpaired) electrons. The van der Waals surface area contributed by atoms with Crippen LogP contribution in [-0.2, 0) is 19.3 Å². The van der Waals surface area contributed by atoms with Gasteiger partial charge in [-0.1, -0.05) is 100 Å². The summed E-state index contributed by atoms with van der Waals surface area (Å²) in [5, 5.41) is 3.96. The summed E-state index contributed by atoms with van der Waals surface area (Å²) in [7, 11) is 0. The first-order valence-electron chi connectivity index (χ1n) is 20.1. The average molecular weight is 721 g/mol. The summed E-state index contributed by atoms with van der Waals surface area (Å²) < 4.78 is 0. The van der Waals surface area contributed by atoms with Gasteiger partial charge in [0.25, 0.3) is 0 Å². The van der Waals surface area contributed by atoms with Crippen LogP contribution in [0.15, 0.2) is 45.1 Å². The Morgan fingerprint density at radius 2 is 0.962 bits per heavy atom. The lowest BCUT2D eigenvalue weighted by molar-refractivity contribution is -0.263. The minimum absolute atomic E-state index is 0.281. The quantitative estimate of drug-likeness (QED) is 0.282. The minimum Gasteiger partial charge on any atom is -0.363 e. The van der Waals surface area contributed by atoms with Gasteiger partial charge in [-0.25, -0.2) is 9.59 Å². The first kappa shape index (κ1) is 42.6. The van der Waals surface area contributed by atoms with E-state index in [-0.39, 0.29) is 55.8 Å². The van der Waals surface area contributed by atoms with Crippen molar-refractivity contribution < 1.29 is 19.3 Å². The molecule has 0 aromatic rings. The molecule has 0 N–H and O–H groups in total. The predicted molar refractivity (Wildman–Crippen MR) is 215 cm³/mol. The highest BCUT2D eigenvalue weighted by Crippen LogP contribution is 2.58. The fraction of sp³-hybridized carbons (Fsp3) is 0.783. The summed E-state index contributed by atoms with van der Waals surface area (Å²) >= 11 is 0. The number of allylic oxidation sites excluding steroid dienone is 5. The van der Waals surface area contributed by atoms with E-state index < -0.39 is 5.92 Å². The van der Waals surface area contributed by atoms with E-state index in [1.54, 1.807) is 0 Å². The summed E-state index contributed by atoms with van der Waals surface area (Å²) in [6.07, 6.45) is 8.88. The molecule has 1 atom stereocenters. The van der Waals surface area contributed by atoms with Gasteiger partial charge in [0.15, 0.2) is 0 Å². The van der Waals surface area contributed by atoms with E-state index in [0.29, 0.717) is 17.6 Å². The molecular formula is C46H76N2O4. The number of hydrogen-bond acceptors (Lipinski definition) is 6. The van der Waals surface area contributed by atoms with Gasteiger partial charge in [0, 0.05) is 5.92 Å². The highest BCUT2D eigenvalue weighted by molar-refractivity contribution is 6.00. The van der Waals surface area contributed by atoms with Crippen LogP contribution in [0.25, 0.3) is 0 Å². The maximum Gasteiger partial charge on any atom is 0.357 e. The van der Waals surface area contributed by atoms with Crippen molar-refractivity contribution in [1.29, 1.82) is 0 Å². The van der Waals surface area contributed by atoms with Crippen molar-refractivity contribution in [3.63, 3.8) is 0 Å². The third kappa shape index (κ3) is 8.09. The van der Waals surface area contributed by atoms with E-state index >= 15 is 9.59 Å². The largest absolute Gasteiger partial charge is 0.363 e. The van der Waals surface area contributed by atoms with Gasteiger partial charge in [0.1, 0.15) is 0 Å². The second-order valence-corrected chi connectivity index (χ2v) is 23.1. The molecule has 0 aromatic carbocycles. The molecule has 2 aliphatic heterocycles. The lowest BCUT2D eigenvalue weighted by Gasteiger charge is -2.50. The number of nitrogens with zero attached hydrogens (tertiary/aromatic N) is 2. The second kappa shape index (κ2) is 13.2. The smallest absolute Gasteiger partial charge is 0.357 e. The van der Waals surface area contributed by atoms with Crippen molar-refractivity contribution in [2.24, 2.45) is 27.6 Å². The van der Waals surface area contributed by atoms with Crippen LogP contribution in [0.5, 0.6) is 0 Å². The molecule has 0 amide bonds. The Balaban J connectivity index is 2.05. The molecule has 2 saturated heterocycles. The van der Waals surface area contributed by atoms with Gasteiger partial charge in [-0.3, -0.25) is 0 Å². The fourth-order valence-electron chi connectivity index (χ4n) is 9.67. The highest BCUT2D eigenvalue weighted by Gasteiger charge is 2.53. The van der Waals surface area contributed by atoms with E-state index in [1.807, 2.05) is 10.1 Å². The number of carbonyl (C=O) groups is 2. The molecule has 52 heavy (non-hydrogen) atoms. The Labute approximate surface area is 318 Å². The zero-order valence-corrected chi connectivity index (χ0v) is 37.1. The summed E-state index contributed by atoms with van der Waals surface area (Å²) in [6, 6.07) is 0. The predicted octanol–water partition coefficient (Wildman–Crippen LogP) is 12.0. The molecule has 2 heterocycles. The summed E-state index contributed by atoms with van der Waals surface area (Å²) in [4.78, 5) is 44.0. The average Bonchev–Trinajstić information content (AvgIpc) is 3.52. The number of carbonyl (C=O) groups excluding carboxylic acids is 2. The second-order valence-electron chi connectivity index (χ2n) is 23.1. The standard InChI is InChI=1S/C46H76N2O4/c1-39(2,3)29-27-31(41(7,8)9)35(37(49)51-47-43(13,14)23-21-24-44(47,15)16)33(29)34-30(40(4,5)6)28-32(42(10,11)12)36(34)38(50)52-48-45(17,18)25-22-26-46(48,19)20/h27,33H,21-26,28H2,1-20H3. The molecule has 0 spiro atoms. The van der Waals surface area contributed by atoms with Crippen LogP contribution in [-0.4, -0.2) is 44.2 Å². The lowest BCUT2D eigenvalue weighted by Crippen LogP contribution is -2.59. The Kier molecular flexibility index (Phi) is 10.8. The number of piperidine rings is 2.